The summed E-state index contributed by atoms with van der Waals surface area (Å²) in [5, 5.41) is 3.35. The van der Waals surface area contributed by atoms with Gasteiger partial charge >= 0.3 is 0 Å². The molecular formula is C17H35N3O. The minimum atomic E-state index is -0.643. The van der Waals surface area contributed by atoms with Crippen molar-refractivity contribution in [2.24, 2.45) is 17.1 Å². The maximum absolute atomic E-state index is 11.9. The highest BCUT2D eigenvalue weighted by Gasteiger charge is 2.35. The topological polar surface area (TPSA) is 58.4 Å². The minimum absolute atomic E-state index is 0.247. The van der Waals surface area contributed by atoms with Crippen LogP contribution in [0.4, 0.5) is 0 Å². The van der Waals surface area contributed by atoms with Gasteiger partial charge in [-0.3, -0.25) is 4.79 Å². The Kier molecular flexibility index (Phi) is 6.23. The third-order valence-electron chi connectivity index (χ3n) is 4.74. The van der Waals surface area contributed by atoms with Crippen molar-refractivity contribution in [3.05, 3.63) is 0 Å². The fourth-order valence-corrected chi connectivity index (χ4v) is 3.46. The van der Waals surface area contributed by atoms with E-state index in [1.54, 1.807) is 0 Å². The van der Waals surface area contributed by atoms with E-state index in [1.165, 1.54) is 19.3 Å². The van der Waals surface area contributed by atoms with Gasteiger partial charge in [0.1, 0.15) is 5.54 Å². The number of nitrogens with two attached hydrogens (primary N) is 1. The Morgan fingerprint density at radius 1 is 1.24 bits per heavy atom. The highest BCUT2D eigenvalue weighted by molar-refractivity contribution is 5.84. The SMILES string of the molecule is CC(C)NC(C)(CN1CCCC(C(C)(C)C)CC1)C(N)=O. The number of primary amides is 1. The Morgan fingerprint density at radius 2 is 1.86 bits per heavy atom. The van der Waals surface area contributed by atoms with Crippen LogP contribution in [-0.2, 0) is 4.79 Å². The summed E-state index contributed by atoms with van der Waals surface area (Å²) in [5.74, 6) is 0.508. The predicted molar refractivity (Wildman–Crippen MR) is 89.1 cm³/mol. The molecule has 1 aliphatic rings. The van der Waals surface area contributed by atoms with Gasteiger partial charge in [0.25, 0.3) is 0 Å². The van der Waals surface area contributed by atoms with E-state index in [0.29, 0.717) is 12.0 Å². The number of likely N-dealkylation sites (tertiary alicyclic amines) is 1. The van der Waals surface area contributed by atoms with Crippen LogP contribution in [0.2, 0.25) is 0 Å². The third kappa shape index (κ3) is 5.59. The van der Waals surface area contributed by atoms with Gasteiger partial charge in [-0.05, 0) is 64.5 Å². The van der Waals surface area contributed by atoms with Gasteiger partial charge in [-0.15, -0.1) is 0 Å². The molecule has 1 amide bonds. The van der Waals surface area contributed by atoms with Crippen LogP contribution in [0.5, 0.6) is 0 Å². The van der Waals surface area contributed by atoms with Crippen molar-refractivity contribution < 1.29 is 4.79 Å². The van der Waals surface area contributed by atoms with Crippen LogP contribution >= 0.6 is 0 Å². The second-order valence-corrected chi connectivity index (χ2v) is 8.27. The predicted octanol–water partition coefficient (Wildman–Crippen LogP) is 2.38. The first-order valence-corrected chi connectivity index (χ1v) is 8.34. The molecule has 4 heteroatoms. The highest BCUT2D eigenvalue weighted by atomic mass is 16.1. The van der Waals surface area contributed by atoms with E-state index in [-0.39, 0.29) is 11.9 Å². The number of hydrogen-bond acceptors (Lipinski definition) is 3. The van der Waals surface area contributed by atoms with E-state index in [1.807, 2.05) is 6.92 Å². The zero-order valence-electron chi connectivity index (χ0n) is 14.8. The Labute approximate surface area is 130 Å². The van der Waals surface area contributed by atoms with Crippen molar-refractivity contribution >= 4 is 5.91 Å². The second kappa shape index (κ2) is 7.10. The van der Waals surface area contributed by atoms with Crippen LogP contribution in [0, 0.1) is 11.3 Å². The van der Waals surface area contributed by atoms with Gasteiger partial charge in [0.05, 0.1) is 0 Å². The van der Waals surface area contributed by atoms with Crippen molar-refractivity contribution in [2.75, 3.05) is 19.6 Å². The van der Waals surface area contributed by atoms with E-state index in [4.69, 9.17) is 5.73 Å². The van der Waals surface area contributed by atoms with Gasteiger partial charge in [-0.2, -0.15) is 0 Å². The van der Waals surface area contributed by atoms with E-state index in [2.05, 4.69) is 44.8 Å². The summed E-state index contributed by atoms with van der Waals surface area (Å²) in [6.45, 7) is 15.9. The average Bonchev–Trinajstić information content (AvgIpc) is 2.52. The first kappa shape index (κ1) is 18.4. The molecule has 3 N–H and O–H groups in total. The van der Waals surface area contributed by atoms with E-state index < -0.39 is 5.54 Å². The lowest BCUT2D eigenvalue weighted by Crippen LogP contribution is -2.61. The van der Waals surface area contributed by atoms with Crippen molar-refractivity contribution in [3.63, 3.8) is 0 Å². The Bertz CT molecular complexity index is 348. The van der Waals surface area contributed by atoms with E-state index >= 15 is 0 Å². The highest BCUT2D eigenvalue weighted by Crippen LogP contribution is 2.34. The first-order valence-electron chi connectivity index (χ1n) is 8.34. The van der Waals surface area contributed by atoms with Gasteiger partial charge in [-0.25, -0.2) is 0 Å². The molecule has 0 aromatic heterocycles. The lowest BCUT2D eigenvalue weighted by atomic mass is 9.77. The van der Waals surface area contributed by atoms with Crippen LogP contribution in [0.3, 0.4) is 0 Å². The Balaban J connectivity index is 2.67. The molecule has 4 nitrogen and oxygen atoms in total. The molecule has 0 radical (unpaired) electrons. The third-order valence-corrected chi connectivity index (χ3v) is 4.74. The van der Waals surface area contributed by atoms with Gasteiger partial charge in [0.2, 0.25) is 5.91 Å². The molecule has 0 aromatic rings. The average molecular weight is 297 g/mol. The number of rotatable bonds is 5. The van der Waals surface area contributed by atoms with Gasteiger partial charge in [0.15, 0.2) is 0 Å². The summed E-state index contributed by atoms with van der Waals surface area (Å²) >= 11 is 0. The number of nitrogens with one attached hydrogen (secondary N) is 1. The van der Waals surface area contributed by atoms with Crippen LogP contribution < -0.4 is 11.1 Å². The molecule has 124 valence electrons. The van der Waals surface area contributed by atoms with Gasteiger partial charge in [0, 0.05) is 12.6 Å². The van der Waals surface area contributed by atoms with Crippen molar-refractivity contribution in [2.45, 2.75) is 72.4 Å². The monoisotopic (exact) mass is 297 g/mol. The lowest BCUT2D eigenvalue weighted by molar-refractivity contribution is -0.124. The number of carbonyl (C=O) groups excluding carboxylic acids is 1. The second-order valence-electron chi connectivity index (χ2n) is 8.27. The zero-order chi connectivity index (χ0) is 16.3. The normalized spacial score (nSPS) is 24.6. The standard InChI is InChI=1S/C17H35N3O/c1-13(2)19-17(6,15(18)21)12-20-10-7-8-14(9-11-20)16(3,4)5/h13-14,19H,7-12H2,1-6H3,(H2,18,21). The van der Waals surface area contributed by atoms with Crippen molar-refractivity contribution in [3.8, 4) is 0 Å². The van der Waals surface area contributed by atoms with Gasteiger partial charge in [-0.1, -0.05) is 20.8 Å². The summed E-state index contributed by atoms with van der Waals surface area (Å²) in [7, 11) is 0. The summed E-state index contributed by atoms with van der Waals surface area (Å²) in [6, 6.07) is 0.247. The van der Waals surface area contributed by atoms with E-state index in [0.717, 1.165) is 19.0 Å². The number of carbonyl (C=O) groups is 1. The first-order chi connectivity index (χ1) is 9.54. The molecule has 1 saturated heterocycles. The molecule has 1 heterocycles. The molecule has 21 heavy (non-hydrogen) atoms. The molecule has 1 rings (SSSR count). The molecular weight excluding hydrogens is 262 g/mol. The summed E-state index contributed by atoms with van der Waals surface area (Å²) in [5.41, 5.74) is 5.38. The van der Waals surface area contributed by atoms with Gasteiger partial charge < -0.3 is 16.0 Å². The summed E-state index contributed by atoms with van der Waals surface area (Å²) < 4.78 is 0. The molecule has 1 aliphatic heterocycles. The smallest absolute Gasteiger partial charge is 0.238 e. The van der Waals surface area contributed by atoms with Crippen molar-refractivity contribution in [1.82, 2.24) is 10.2 Å². The van der Waals surface area contributed by atoms with Crippen LogP contribution in [0.25, 0.3) is 0 Å². The molecule has 0 saturated carbocycles. The van der Waals surface area contributed by atoms with Crippen LogP contribution in [0.15, 0.2) is 0 Å². The maximum Gasteiger partial charge on any atom is 0.238 e. The molecule has 2 atom stereocenters. The van der Waals surface area contributed by atoms with Crippen LogP contribution in [-0.4, -0.2) is 42.0 Å². The molecule has 2 unspecified atom stereocenters. The molecule has 0 aliphatic carbocycles. The molecule has 0 aromatic carbocycles. The fourth-order valence-electron chi connectivity index (χ4n) is 3.46. The number of hydrogen-bond donors (Lipinski definition) is 2. The number of amides is 1. The zero-order valence-corrected chi connectivity index (χ0v) is 14.8. The molecule has 0 bridgehead atoms. The van der Waals surface area contributed by atoms with Crippen molar-refractivity contribution in [1.29, 1.82) is 0 Å². The Hall–Kier alpha value is -0.610. The van der Waals surface area contributed by atoms with E-state index in [9.17, 15) is 4.79 Å². The summed E-state index contributed by atoms with van der Waals surface area (Å²) in [6.07, 6.45) is 3.70. The molecule has 1 fully saturated rings. The largest absolute Gasteiger partial charge is 0.368 e. The Morgan fingerprint density at radius 3 is 2.33 bits per heavy atom. The molecule has 0 spiro atoms. The minimum Gasteiger partial charge on any atom is -0.368 e. The quantitative estimate of drug-likeness (QED) is 0.819. The maximum atomic E-state index is 11.9. The summed E-state index contributed by atoms with van der Waals surface area (Å²) in [4.78, 5) is 14.3. The van der Waals surface area contributed by atoms with Crippen LogP contribution in [0.1, 0.15) is 60.8 Å². The number of nitrogens with zero attached hydrogens (tertiary/aromatic N) is 1. The lowest BCUT2D eigenvalue weighted by Gasteiger charge is -2.35. The fraction of sp³-hybridized carbons (Fsp3) is 0.941.